The number of carboxylic acid groups (broad SMARTS) is 2. The van der Waals surface area contributed by atoms with Crippen molar-refractivity contribution in [3.8, 4) is 0 Å². The van der Waals surface area contributed by atoms with Crippen molar-refractivity contribution in [2.75, 3.05) is 0 Å². The molecule has 0 aromatic rings. The molecule has 0 saturated heterocycles. The van der Waals surface area contributed by atoms with Gasteiger partial charge in [-0.05, 0) is 0 Å². The molecule has 0 radical (unpaired) electrons. The van der Waals surface area contributed by atoms with Crippen molar-refractivity contribution in [2.24, 2.45) is 0 Å². The van der Waals surface area contributed by atoms with Crippen LogP contribution in [0.4, 0.5) is 0 Å². The molecule has 0 aliphatic carbocycles. The zero-order valence-electron chi connectivity index (χ0n) is 7.03. The van der Waals surface area contributed by atoms with Crippen LogP contribution in [0.25, 0.3) is 0 Å². The van der Waals surface area contributed by atoms with E-state index < -0.39 is 11.9 Å². The molecule has 0 atom stereocenters. The summed E-state index contributed by atoms with van der Waals surface area (Å²) < 4.78 is 0. The third-order valence-corrected chi connectivity index (χ3v) is 0. The molecule has 0 bridgehead atoms. The molecule has 13 heavy (non-hydrogen) atoms. The number of rotatable bonds is 0. The third kappa shape index (κ3) is 1840. The van der Waals surface area contributed by atoms with Crippen molar-refractivity contribution in [2.45, 2.75) is 13.8 Å². The van der Waals surface area contributed by atoms with E-state index in [-0.39, 0.29) is 38.4 Å². The SMILES string of the molecule is CC(=O)O.CC(=O)O.O.O.O.O.[Ni]. The van der Waals surface area contributed by atoms with Crippen LogP contribution in [0.15, 0.2) is 0 Å². The van der Waals surface area contributed by atoms with E-state index >= 15 is 0 Å². The van der Waals surface area contributed by atoms with Crippen molar-refractivity contribution in [3.63, 3.8) is 0 Å². The zero-order valence-corrected chi connectivity index (χ0v) is 8.01. The van der Waals surface area contributed by atoms with E-state index in [0.717, 1.165) is 13.8 Å². The predicted molar refractivity (Wildman–Crippen MR) is 41.1 cm³/mol. The molecule has 0 saturated carbocycles. The first-order valence-corrected chi connectivity index (χ1v) is 1.86. The summed E-state index contributed by atoms with van der Waals surface area (Å²) in [4.78, 5) is 18.0. The molecule has 0 aromatic carbocycles. The molecule has 0 heterocycles. The Kier molecular flexibility index (Phi) is 185. The van der Waals surface area contributed by atoms with Gasteiger partial charge in [0.05, 0.1) is 0 Å². The van der Waals surface area contributed by atoms with Gasteiger partial charge in [-0.25, -0.2) is 0 Å². The minimum atomic E-state index is -0.833. The van der Waals surface area contributed by atoms with Crippen molar-refractivity contribution in [1.82, 2.24) is 0 Å². The Morgan fingerprint density at radius 2 is 0.769 bits per heavy atom. The second-order valence-electron chi connectivity index (χ2n) is 1.04. The minimum absolute atomic E-state index is 0. The Bertz CT molecular complexity index is 74.1. The standard InChI is InChI=1S/2C2H4O2.Ni.4H2O/c2*1-2(3)4;;;;;/h2*1H3,(H,3,4);;4*1H2. The molecule has 0 aliphatic heterocycles. The topological polar surface area (TPSA) is 201 Å². The molecule has 0 unspecified atom stereocenters. The Morgan fingerprint density at radius 3 is 0.769 bits per heavy atom. The molecule has 0 fully saturated rings. The molecule has 10 N–H and O–H groups in total. The van der Waals surface area contributed by atoms with Crippen LogP contribution >= 0.6 is 0 Å². The van der Waals surface area contributed by atoms with Gasteiger partial charge in [-0.2, -0.15) is 0 Å². The molecule has 9 heteroatoms. The fraction of sp³-hybridized carbons (Fsp3) is 0.500. The quantitative estimate of drug-likeness (QED) is 0.428. The summed E-state index contributed by atoms with van der Waals surface area (Å²) in [5.41, 5.74) is 0. The number of hydrogen-bond acceptors (Lipinski definition) is 2. The molecule has 0 aromatic heterocycles. The zero-order chi connectivity index (χ0) is 7.15. The Hall–Kier alpha value is -0.726. The summed E-state index contributed by atoms with van der Waals surface area (Å²) in [6, 6.07) is 0. The summed E-state index contributed by atoms with van der Waals surface area (Å²) in [7, 11) is 0. The van der Waals surface area contributed by atoms with Gasteiger partial charge >= 0.3 is 0 Å². The van der Waals surface area contributed by atoms with Crippen LogP contribution in [0.1, 0.15) is 13.8 Å². The normalized spacial score (nSPS) is 3.85. The Labute approximate surface area is 84.7 Å². The van der Waals surface area contributed by atoms with Crippen molar-refractivity contribution >= 4 is 11.9 Å². The van der Waals surface area contributed by atoms with Crippen molar-refractivity contribution < 1.29 is 58.2 Å². The predicted octanol–water partition coefficient (Wildman–Crippen LogP) is -3.12. The first-order valence-electron chi connectivity index (χ1n) is 1.86. The number of hydrogen-bond donors (Lipinski definition) is 2. The van der Waals surface area contributed by atoms with Gasteiger partial charge in [0.2, 0.25) is 0 Å². The molecule has 0 rings (SSSR count). The van der Waals surface area contributed by atoms with E-state index in [4.69, 9.17) is 19.8 Å². The first-order chi connectivity index (χ1) is 3.46. The van der Waals surface area contributed by atoms with Crippen molar-refractivity contribution in [1.29, 1.82) is 0 Å². The number of carboxylic acids is 2. The Balaban J connectivity index is -0.00000000800. The second-order valence-corrected chi connectivity index (χ2v) is 1.04. The van der Waals surface area contributed by atoms with Crippen LogP contribution in [0.3, 0.4) is 0 Å². The van der Waals surface area contributed by atoms with Crippen LogP contribution in [-0.2, 0) is 26.1 Å². The van der Waals surface area contributed by atoms with E-state index in [0.29, 0.717) is 0 Å². The fourth-order valence-corrected chi connectivity index (χ4v) is 0. The van der Waals surface area contributed by atoms with E-state index in [9.17, 15) is 0 Å². The summed E-state index contributed by atoms with van der Waals surface area (Å²) in [6.45, 7) is 2.17. The first kappa shape index (κ1) is 56.1. The summed E-state index contributed by atoms with van der Waals surface area (Å²) in [5, 5.41) is 14.8. The van der Waals surface area contributed by atoms with Gasteiger partial charge < -0.3 is 32.1 Å². The summed E-state index contributed by atoms with van der Waals surface area (Å²) in [6.07, 6.45) is 0. The Morgan fingerprint density at radius 1 is 0.769 bits per heavy atom. The maximum absolute atomic E-state index is 9.00. The molecule has 90 valence electrons. The van der Waals surface area contributed by atoms with Gasteiger partial charge in [0.1, 0.15) is 0 Å². The van der Waals surface area contributed by atoms with Gasteiger partial charge in [-0.15, -0.1) is 0 Å². The maximum Gasteiger partial charge on any atom is 0.300 e. The van der Waals surface area contributed by atoms with Gasteiger partial charge in [0, 0.05) is 30.3 Å². The molecule has 0 aliphatic rings. The van der Waals surface area contributed by atoms with Crippen LogP contribution in [-0.4, -0.2) is 44.1 Å². The van der Waals surface area contributed by atoms with Crippen LogP contribution < -0.4 is 0 Å². The van der Waals surface area contributed by atoms with E-state index in [1.54, 1.807) is 0 Å². The summed E-state index contributed by atoms with van der Waals surface area (Å²) in [5.74, 6) is -1.67. The smallest absolute Gasteiger partial charge is 0.300 e. The average Bonchev–Trinajstić information content (AvgIpc) is 1.25. The van der Waals surface area contributed by atoms with E-state index in [1.807, 2.05) is 0 Å². The minimum Gasteiger partial charge on any atom is -0.481 e. The number of carbonyl (C=O) groups is 2. The molecular formula is C4H16NiO8. The van der Waals surface area contributed by atoms with Gasteiger partial charge in [-0.3, -0.25) is 9.59 Å². The maximum atomic E-state index is 9.00. The van der Waals surface area contributed by atoms with E-state index in [2.05, 4.69) is 0 Å². The third-order valence-electron chi connectivity index (χ3n) is 0. The van der Waals surface area contributed by atoms with Crippen LogP contribution in [0, 0.1) is 0 Å². The van der Waals surface area contributed by atoms with Gasteiger partial charge in [-0.1, -0.05) is 0 Å². The molecule has 8 nitrogen and oxygen atoms in total. The molecule has 0 spiro atoms. The van der Waals surface area contributed by atoms with Crippen LogP contribution in [0.5, 0.6) is 0 Å². The molecule has 0 amide bonds. The number of aliphatic carboxylic acids is 2. The van der Waals surface area contributed by atoms with Gasteiger partial charge in [0.15, 0.2) is 0 Å². The monoisotopic (exact) mass is 250 g/mol. The van der Waals surface area contributed by atoms with Crippen molar-refractivity contribution in [3.05, 3.63) is 0 Å². The van der Waals surface area contributed by atoms with Crippen LogP contribution in [0.2, 0.25) is 0 Å². The molecular weight excluding hydrogens is 235 g/mol. The average molecular weight is 251 g/mol. The summed E-state index contributed by atoms with van der Waals surface area (Å²) >= 11 is 0. The van der Waals surface area contributed by atoms with E-state index in [1.165, 1.54) is 0 Å². The fourth-order valence-electron chi connectivity index (χ4n) is 0. The second kappa shape index (κ2) is 42.8. The largest absolute Gasteiger partial charge is 0.481 e. The van der Waals surface area contributed by atoms with Gasteiger partial charge in [0.25, 0.3) is 11.9 Å².